The highest BCUT2D eigenvalue weighted by atomic mass is 33.5. The standard InChI is InChI=1S/C16H8S4/c1-3-9-13-11-7(1)5-19-6-8-2-4-10-14(12(8)15(11)19)16(13)20(17-9)18-10/h1-4H,5-6H2. The van der Waals surface area contributed by atoms with Gasteiger partial charge in [0.25, 0.3) is 0 Å². The Balaban J connectivity index is 2.07. The molecule has 4 aliphatic heterocycles. The quantitative estimate of drug-likeness (QED) is 0.278. The zero-order chi connectivity index (χ0) is 12.6. The summed E-state index contributed by atoms with van der Waals surface area (Å²) < 4.78 is 3.45. The number of benzene rings is 3. The lowest BCUT2D eigenvalue weighted by Crippen LogP contribution is -1.89. The third-order valence-electron chi connectivity index (χ3n) is 4.86. The zero-order valence-corrected chi connectivity index (χ0v) is 13.6. The molecule has 96 valence electrons. The summed E-state index contributed by atoms with van der Waals surface area (Å²) in [7, 11) is 5.02. The van der Waals surface area contributed by atoms with Gasteiger partial charge in [-0.25, -0.2) is 0 Å². The van der Waals surface area contributed by atoms with Crippen molar-refractivity contribution in [1.29, 1.82) is 0 Å². The summed E-state index contributed by atoms with van der Waals surface area (Å²) in [6.45, 7) is 0. The Morgan fingerprint density at radius 3 is 1.90 bits per heavy atom. The lowest BCUT2D eigenvalue weighted by atomic mass is 9.97. The lowest BCUT2D eigenvalue weighted by Gasteiger charge is -2.10. The van der Waals surface area contributed by atoms with Gasteiger partial charge in [0.1, 0.15) is 0 Å². The van der Waals surface area contributed by atoms with Crippen molar-refractivity contribution >= 4 is 62.2 Å². The van der Waals surface area contributed by atoms with Crippen molar-refractivity contribution in [3.8, 4) is 0 Å². The topological polar surface area (TPSA) is 0 Å². The Bertz CT molecular complexity index is 1010. The van der Waals surface area contributed by atoms with Crippen molar-refractivity contribution in [1.82, 2.24) is 0 Å². The highest BCUT2D eigenvalue weighted by Gasteiger charge is 2.33. The SMILES string of the molecule is c1cc2c3c4c5c(ccc6c5c5c3c1CS=5C6)SS=4S2. The van der Waals surface area contributed by atoms with Crippen LogP contribution in [-0.4, -0.2) is 0 Å². The molecule has 0 atom stereocenters. The normalized spacial score (nSPS) is 20.8. The fraction of sp³-hybridized carbons (Fsp3) is 0.125. The average molecular weight is 329 g/mol. The Hall–Kier alpha value is -0.420. The van der Waals surface area contributed by atoms with Gasteiger partial charge in [-0.15, -0.1) is 0 Å². The predicted molar refractivity (Wildman–Crippen MR) is 93.4 cm³/mol. The summed E-state index contributed by atoms with van der Waals surface area (Å²) in [5, 5.41) is 6.65. The van der Waals surface area contributed by atoms with Gasteiger partial charge in [-0.05, 0) is 23.3 Å². The average Bonchev–Trinajstić information content (AvgIpc) is 3.13. The van der Waals surface area contributed by atoms with Gasteiger partial charge in [0.05, 0.1) is 0 Å². The van der Waals surface area contributed by atoms with Crippen LogP contribution in [-0.2, 0) is 11.5 Å². The van der Waals surface area contributed by atoms with Crippen LogP contribution in [0, 0.1) is 9.02 Å². The second-order valence-corrected chi connectivity index (χ2v) is 13.5. The highest BCUT2D eigenvalue weighted by Crippen LogP contribution is 2.68. The zero-order valence-electron chi connectivity index (χ0n) is 10.4. The molecule has 0 fully saturated rings. The Morgan fingerprint density at radius 2 is 1.30 bits per heavy atom. The minimum absolute atomic E-state index is 0.324. The second kappa shape index (κ2) is 3.02. The summed E-state index contributed by atoms with van der Waals surface area (Å²) in [5.41, 5.74) is 3.28. The maximum Gasteiger partial charge on any atom is 0.0367 e. The Labute approximate surface area is 127 Å². The monoisotopic (exact) mass is 328 g/mol. The van der Waals surface area contributed by atoms with E-state index < -0.39 is 0 Å². The molecule has 4 heteroatoms. The molecule has 0 aromatic heterocycles. The molecule has 0 saturated heterocycles. The molecule has 4 aliphatic rings. The number of rotatable bonds is 0. The van der Waals surface area contributed by atoms with Crippen molar-refractivity contribution < 1.29 is 0 Å². The summed E-state index contributed by atoms with van der Waals surface area (Å²) in [4.78, 5) is 3.11. The third-order valence-corrected chi connectivity index (χ3v) is 13.5. The smallest absolute Gasteiger partial charge is 0.0367 e. The van der Waals surface area contributed by atoms with E-state index in [-0.39, 0.29) is 0 Å². The maximum atomic E-state index is 2.42. The molecule has 3 aromatic carbocycles. The van der Waals surface area contributed by atoms with Crippen LogP contribution >= 0.6 is 40.6 Å². The van der Waals surface area contributed by atoms with Gasteiger partial charge in [0.2, 0.25) is 0 Å². The molecule has 0 radical (unpaired) electrons. The van der Waals surface area contributed by atoms with Crippen molar-refractivity contribution in [2.45, 2.75) is 21.3 Å². The van der Waals surface area contributed by atoms with Gasteiger partial charge in [-0.2, -0.15) is 10.5 Å². The fourth-order valence-corrected chi connectivity index (χ4v) is 14.1. The minimum Gasteiger partial charge on any atom is -0.168 e. The van der Waals surface area contributed by atoms with E-state index in [1.165, 1.54) is 11.5 Å². The predicted octanol–water partition coefficient (Wildman–Crippen LogP) is 6.10. The first-order chi connectivity index (χ1) is 9.90. The highest BCUT2D eigenvalue weighted by molar-refractivity contribution is 9.14. The van der Waals surface area contributed by atoms with Gasteiger partial charge in [0.15, 0.2) is 0 Å². The molecule has 4 heterocycles. The van der Waals surface area contributed by atoms with Gasteiger partial charge in [-0.1, -0.05) is 42.3 Å². The molecule has 0 aliphatic carbocycles. The Kier molecular flexibility index (Phi) is 1.56. The van der Waals surface area contributed by atoms with Crippen LogP contribution in [0.5, 0.6) is 0 Å². The van der Waals surface area contributed by atoms with Crippen LogP contribution in [0.4, 0.5) is 0 Å². The van der Waals surface area contributed by atoms with Crippen LogP contribution in [0.2, 0.25) is 0 Å². The van der Waals surface area contributed by atoms with E-state index in [1.807, 2.05) is 0 Å². The van der Waals surface area contributed by atoms with Crippen molar-refractivity contribution in [2.75, 3.05) is 0 Å². The maximum absolute atomic E-state index is 2.42. The summed E-state index contributed by atoms with van der Waals surface area (Å²) in [5.74, 6) is 2.61. The second-order valence-electron chi connectivity index (χ2n) is 5.79. The third kappa shape index (κ3) is 0.893. The first-order valence-corrected chi connectivity index (χ1v) is 12.2. The first-order valence-electron chi connectivity index (χ1n) is 6.76. The molecule has 0 bridgehead atoms. The Morgan fingerprint density at radius 1 is 0.700 bits per heavy atom. The molecule has 0 N–H and O–H groups in total. The molecule has 7 rings (SSSR count). The number of hydrogen-bond donors (Lipinski definition) is 0. The van der Waals surface area contributed by atoms with E-state index in [0.29, 0.717) is 19.0 Å². The molecule has 0 spiro atoms. The lowest BCUT2D eigenvalue weighted by molar-refractivity contribution is 1.38. The number of hydrogen-bond acceptors (Lipinski definition) is 2. The summed E-state index contributed by atoms with van der Waals surface area (Å²) in [6, 6.07) is 9.64. The van der Waals surface area contributed by atoms with Crippen LogP contribution in [0.15, 0.2) is 34.1 Å². The van der Waals surface area contributed by atoms with E-state index in [9.17, 15) is 0 Å². The van der Waals surface area contributed by atoms with E-state index in [0.717, 1.165) is 0 Å². The summed E-state index contributed by atoms with van der Waals surface area (Å²) in [6.07, 6.45) is 0. The molecule has 0 unspecified atom stereocenters. The van der Waals surface area contributed by atoms with Crippen LogP contribution in [0.1, 0.15) is 11.1 Å². The molecule has 20 heavy (non-hydrogen) atoms. The molecule has 0 saturated carbocycles. The van der Waals surface area contributed by atoms with Crippen molar-refractivity contribution in [2.24, 2.45) is 0 Å². The van der Waals surface area contributed by atoms with Crippen LogP contribution in [0.25, 0.3) is 21.5 Å². The molecular weight excluding hydrogens is 320 g/mol. The van der Waals surface area contributed by atoms with Gasteiger partial charge in [-0.3, -0.25) is 0 Å². The minimum atomic E-state index is 0.324. The van der Waals surface area contributed by atoms with Crippen molar-refractivity contribution in [3.63, 3.8) is 0 Å². The van der Waals surface area contributed by atoms with E-state index in [1.54, 1.807) is 51.5 Å². The van der Waals surface area contributed by atoms with Crippen LogP contribution in [0.3, 0.4) is 0 Å². The van der Waals surface area contributed by atoms with Crippen molar-refractivity contribution in [3.05, 3.63) is 44.4 Å². The molecule has 3 aromatic rings. The van der Waals surface area contributed by atoms with Gasteiger partial charge >= 0.3 is 0 Å². The molecule has 0 nitrogen and oxygen atoms in total. The van der Waals surface area contributed by atoms with Crippen LogP contribution < -0.4 is 0 Å². The molecular formula is C16H8S4. The van der Waals surface area contributed by atoms with Gasteiger partial charge in [0, 0.05) is 51.9 Å². The fourth-order valence-electron chi connectivity index (χ4n) is 4.14. The first kappa shape index (κ1) is 10.3. The molecule has 0 amide bonds. The van der Waals surface area contributed by atoms with Gasteiger partial charge < -0.3 is 0 Å². The van der Waals surface area contributed by atoms with E-state index in [2.05, 4.69) is 45.9 Å². The van der Waals surface area contributed by atoms with E-state index >= 15 is 0 Å². The van der Waals surface area contributed by atoms with E-state index in [4.69, 9.17) is 0 Å². The largest absolute Gasteiger partial charge is 0.168 e. The summed E-state index contributed by atoms with van der Waals surface area (Å²) >= 11 is 0.